The molecule has 7 nitrogen and oxygen atoms in total. The number of ketones is 1. The Labute approximate surface area is 195 Å². The van der Waals surface area contributed by atoms with Gasteiger partial charge in [0.25, 0.3) is 11.8 Å². The van der Waals surface area contributed by atoms with E-state index >= 15 is 0 Å². The molecule has 0 radical (unpaired) electrons. The van der Waals surface area contributed by atoms with E-state index in [0.717, 1.165) is 24.2 Å². The number of amides is 4. The third-order valence-corrected chi connectivity index (χ3v) is 7.32. The van der Waals surface area contributed by atoms with Gasteiger partial charge in [-0.2, -0.15) is 0 Å². The third kappa shape index (κ3) is 5.12. The number of Topliss-reactive ketones (excluding diaryl/α,β-unsaturated/α-hetero) is 1. The molecule has 1 aliphatic heterocycles. The Morgan fingerprint density at radius 1 is 0.879 bits per heavy atom. The van der Waals surface area contributed by atoms with E-state index in [0.29, 0.717) is 24.5 Å². The van der Waals surface area contributed by atoms with Crippen LogP contribution in [0.5, 0.6) is 5.75 Å². The molecular weight excluding hydrogens is 420 g/mol. The molecule has 1 aromatic carbocycles. The molecule has 4 amide bonds. The highest BCUT2D eigenvalue weighted by Gasteiger charge is 2.50. The van der Waals surface area contributed by atoms with Crippen molar-refractivity contribution in [1.29, 1.82) is 0 Å². The molecule has 178 valence electrons. The van der Waals surface area contributed by atoms with Gasteiger partial charge in [0, 0.05) is 6.04 Å². The lowest BCUT2D eigenvalue weighted by molar-refractivity contribution is -0.154. The van der Waals surface area contributed by atoms with Gasteiger partial charge in [-0.15, -0.1) is 0 Å². The van der Waals surface area contributed by atoms with Gasteiger partial charge in [0.1, 0.15) is 12.4 Å². The van der Waals surface area contributed by atoms with Crippen LogP contribution in [0.25, 0.3) is 0 Å². The van der Waals surface area contributed by atoms with Crippen LogP contribution in [0.4, 0.5) is 4.79 Å². The molecule has 0 aromatic heterocycles. The molecule has 33 heavy (non-hydrogen) atoms. The van der Waals surface area contributed by atoms with E-state index in [1.54, 1.807) is 0 Å². The van der Waals surface area contributed by atoms with Gasteiger partial charge in [0.15, 0.2) is 11.7 Å². The lowest BCUT2D eigenvalue weighted by atomic mass is 9.84. The Hall–Kier alpha value is -2.70. The number of hydrogen-bond donors (Lipinski definition) is 0. The number of hydrogen-bond acceptors (Lipinski definition) is 5. The van der Waals surface area contributed by atoms with Gasteiger partial charge >= 0.3 is 6.03 Å². The van der Waals surface area contributed by atoms with Crippen LogP contribution < -0.4 is 4.74 Å². The van der Waals surface area contributed by atoms with Crippen LogP contribution in [0.15, 0.2) is 24.3 Å². The molecule has 0 spiro atoms. The first-order valence-electron chi connectivity index (χ1n) is 12.4. The molecule has 1 saturated heterocycles. The van der Waals surface area contributed by atoms with Crippen molar-refractivity contribution < 1.29 is 23.9 Å². The first kappa shape index (κ1) is 23.5. The summed E-state index contributed by atoms with van der Waals surface area (Å²) in [4.78, 5) is 53.2. The summed E-state index contributed by atoms with van der Waals surface area (Å²) in [6.07, 6.45) is 10.7. The Morgan fingerprint density at radius 2 is 1.48 bits per heavy atom. The summed E-state index contributed by atoms with van der Waals surface area (Å²) in [6, 6.07) is 7.19. The standard InChI is InChI=1S/C26H34N2O5/c1-18(29)23-24(30)27(26(32)28(25(23)31)21-10-6-3-7-11-21)16-17-33-22-14-12-20(13-15-22)19-8-4-2-5-9-19/h12-15,19,21,23H,2-11,16-17H2,1H3. The minimum atomic E-state index is -1.43. The number of carbonyl (C=O) groups excluding carboxylic acids is 4. The molecule has 0 bridgehead atoms. The maximum atomic E-state index is 13.1. The monoisotopic (exact) mass is 454 g/mol. The van der Waals surface area contributed by atoms with Gasteiger partial charge in [-0.1, -0.05) is 50.7 Å². The first-order valence-corrected chi connectivity index (χ1v) is 12.4. The van der Waals surface area contributed by atoms with Crippen molar-refractivity contribution in [3.8, 4) is 5.75 Å². The van der Waals surface area contributed by atoms with Crippen LogP contribution in [-0.4, -0.2) is 52.6 Å². The van der Waals surface area contributed by atoms with Crippen LogP contribution in [0, 0.1) is 5.92 Å². The Kier molecular flexibility index (Phi) is 7.46. The second-order valence-electron chi connectivity index (χ2n) is 9.57. The highest BCUT2D eigenvalue weighted by molar-refractivity contribution is 6.26. The lowest BCUT2D eigenvalue weighted by Crippen LogP contribution is -2.64. The summed E-state index contributed by atoms with van der Waals surface area (Å²) in [7, 11) is 0. The molecule has 1 aromatic rings. The summed E-state index contributed by atoms with van der Waals surface area (Å²) in [5.74, 6) is -2.07. The van der Waals surface area contributed by atoms with Gasteiger partial charge in [-0.05, 0) is 56.2 Å². The van der Waals surface area contributed by atoms with Crippen molar-refractivity contribution in [2.24, 2.45) is 5.92 Å². The quantitative estimate of drug-likeness (QED) is 0.569. The molecule has 2 aliphatic carbocycles. The molecule has 3 fully saturated rings. The van der Waals surface area contributed by atoms with Crippen LogP contribution in [0.3, 0.4) is 0 Å². The summed E-state index contributed by atoms with van der Waals surface area (Å²) in [6.45, 7) is 1.35. The predicted octanol–water partition coefficient (Wildman–Crippen LogP) is 4.44. The molecule has 3 aliphatic rings. The summed E-state index contributed by atoms with van der Waals surface area (Å²) in [5.41, 5.74) is 1.33. The van der Waals surface area contributed by atoms with E-state index in [4.69, 9.17) is 4.74 Å². The van der Waals surface area contributed by atoms with E-state index in [1.165, 1.54) is 49.5 Å². The fourth-order valence-electron chi connectivity index (χ4n) is 5.48. The number of carbonyl (C=O) groups is 4. The number of imide groups is 2. The van der Waals surface area contributed by atoms with Crippen molar-refractivity contribution in [2.75, 3.05) is 13.2 Å². The van der Waals surface area contributed by atoms with Gasteiger partial charge in [-0.3, -0.25) is 24.2 Å². The van der Waals surface area contributed by atoms with Crippen molar-refractivity contribution in [3.05, 3.63) is 29.8 Å². The van der Waals surface area contributed by atoms with Crippen molar-refractivity contribution in [3.63, 3.8) is 0 Å². The molecular formula is C26H34N2O5. The molecule has 1 atom stereocenters. The number of urea groups is 1. The van der Waals surface area contributed by atoms with Gasteiger partial charge in [0.2, 0.25) is 0 Å². The molecule has 1 heterocycles. The summed E-state index contributed by atoms with van der Waals surface area (Å²) >= 11 is 0. The minimum absolute atomic E-state index is 0.00230. The fourth-order valence-corrected chi connectivity index (χ4v) is 5.48. The average molecular weight is 455 g/mol. The molecule has 7 heteroatoms. The largest absolute Gasteiger partial charge is 0.492 e. The lowest BCUT2D eigenvalue weighted by Gasteiger charge is -2.41. The minimum Gasteiger partial charge on any atom is -0.492 e. The normalized spacial score (nSPS) is 23.2. The first-order chi connectivity index (χ1) is 16.0. The molecule has 2 saturated carbocycles. The van der Waals surface area contributed by atoms with Crippen LogP contribution in [0.1, 0.15) is 82.6 Å². The second-order valence-corrected chi connectivity index (χ2v) is 9.57. The average Bonchev–Trinajstić information content (AvgIpc) is 2.82. The van der Waals surface area contributed by atoms with Crippen molar-refractivity contribution in [1.82, 2.24) is 9.80 Å². The van der Waals surface area contributed by atoms with E-state index in [9.17, 15) is 19.2 Å². The van der Waals surface area contributed by atoms with Gasteiger partial charge in [0.05, 0.1) is 6.54 Å². The van der Waals surface area contributed by atoms with Crippen molar-refractivity contribution >= 4 is 23.6 Å². The number of barbiturate groups is 1. The van der Waals surface area contributed by atoms with Crippen LogP contribution >= 0.6 is 0 Å². The van der Waals surface area contributed by atoms with Crippen molar-refractivity contribution in [2.45, 2.75) is 83.1 Å². The zero-order chi connectivity index (χ0) is 23.4. The maximum absolute atomic E-state index is 13.1. The summed E-state index contributed by atoms with van der Waals surface area (Å²) in [5, 5.41) is 0. The highest BCUT2D eigenvalue weighted by Crippen LogP contribution is 2.33. The molecule has 1 unspecified atom stereocenters. The van der Waals surface area contributed by atoms with E-state index in [2.05, 4.69) is 12.1 Å². The maximum Gasteiger partial charge on any atom is 0.333 e. The third-order valence-electron chi connectivity index (χ3n) is 7.32. The zero-order valence-electron chi connectivity index (χ0n) is 19.5. The van der Waals surface area contributed by atoms with Gasteiger partial charge < -0.3 is 4.74 Å². The predicted molar refractivity (Wildman–Crippen MR) is 123 cm³/mol. The van der Waals surface area contributed by atoms with E-state index in [1.807, 2.05) is 12.1 Å². The van der Waals surface area contributed by atoms with Crippen LogP contribution in [0.2, 0.25) is 0 Å². The topological polar surface area (TPSA) is 84.0 Å². The van der Waals surface area contributed by atoms with E-state index < -0.39 is 29.5 Å². The fraction of sp³-hybridized carbons (Fsp3) is 0.615. The molecule has 0 N–H and O–H groups in total. The highest BCUT2D eigenvalue weighted by atomic mass is 16.5. The number of ether oxygens (including phenoxy) is 1. The zero-order valence-corrected chi connectivity index (χ0v) is 19.5. The molecule has 4 rings (SSSR count). The second kappa shape index (κ2) is 10.5. The van der Waals surface area contributed by atoms with Crippen LogP contribution in [-0.2, 0) is 14.4 Å². The summed E-state index contributed by atoms with van der Waals surface area (Å²) < 4.78 is 5.82. The Bertz CT molecular complexity index is 884. The SMILES string of the molecule is CC(=O)C1C(=O)N(CCOc2ccc(C3CCCCC3)cc2)C(=O)N(C2CCCCC2)C1=O. The van der Waals surface area contributed by atoms with Gasteiger partial charge in [-0.25, -0.2) is 4.79 Å². The number of rotatable bonds is 7. The Balaban J connectivity index is 1.40. The number of nitrogens with zero attached hydrogens (tertiary/aromatic N) is 2. The smallest absolute Gasteiger partial charge is 0.333 e. The van der Waals surface area contributed by atoms with E-state index in [-0.39, 0.29) is 19.2 Å². The number of benzene rings is 1. The Morgan fingerprint density at radius 3 is 2.09 bits per heavy atom.